The Balaban J connectivity index is 1.29. The van der Waals surface area contributed by atoms with E-state index in [1.165, 1.54) is 18.5 Å². The zero-order valence-electron chi connectivity index (χ0n) is 29.2. The van der Waals surface area contributed by atoms with E-state index >= 15 is 8.78 Å². The lowest BCUT2D eigenvalue weighted by Crippen LogP contribution is -2.35. The molecule has 55 heavy (non-hydrogen) atoms. The predicted molar refractivity (Wildman–Crippen MR) is 191 cm³/mol. The Bertz CT molecular complexity index is 2640. The van der Waals surface area contributed by atoms with Gasteiger partial charge in [0.15, 0.2) is 11.5 Å². The van der Waals surface area contributed by atoms with Crippen LogP contribution in [0.5, 0.6) is 0 Å². The van der Waals surface area contributed by atoms with Crippen molar-refractivity contribution in [2.45, 2.75) is 63.4 Å². The Hall–Kier alpha value is -5.17. The number of alkyl halides is 4. The molecule has 2 aliphatic rings. The van der Waals surface area contributed by atoms with Crippen molar-refractivity contribution in [2.75, 3.05) is 4.31 Å². The molecule has 5 atom stereocenters. The number of carbonyl (C=O) groups is 1. The van der Waals surface area contributed by atoms with Gasteiger partial charge >= 0.3 is 5.69 Å². The van der Waals surface area contributed by atoms with Crippen LogP contribution in [0.15, 0.2) is 41.2 Å². The number of hydrogen-bond acceptors (Lipinski definition) is 6. The molecule has 1 unspecified atom stereocenters. The van der Waals surface area contributed by atoms with E-state index in [9.17, 15) is 31.4 Å². The average molecular weight is 806 g/mol. The lowest BCUT2D eigenvalue weighted by Gasteiger charge is -2.23. The van der Waals surface area contributed by atoms with Crippen LogP contribution < -0.4 is 15.3 Å². The molecule has 5 heterocycles. The molecule has 8 rings (SSSR count). The van der Waals surface area contributed by atoms with Crippen LogP contribution in [-0.2, 0) is 41.7 Å². The van der Waals surface area contributed by atoms with Crippen molar-refractivity contribution >= 4 is 56.4 Å². The van der Waals surface area contributed by atoms with Gasteiger partial charge in [0.25, 0.3) is 12.3 Å². The van der Waals surface area contributed by atoms with Crippen LogP contribution in [0.1, 0.15) is 67.4 Å². The maximum atomic E-state index is 15.6. The maximum absolute atomic E-state index is 15.6. The molecule has 0 spiro atoms. The minimum absolute atomic E-state index is 0.0479. The first kappa shape index (κ1) is 36.8. The summed E-state index contributed by atoms with van der Waals surface area (Å²) in [4.78, 5) is 36.3. The van der Waals surface area contributed by atoms with Crippen LogP contribution in [0.2, 0.25) is 5.02 Å². The van der Waals surface area contributed by atoms with Crippen LogP contribution in [0.3, 0.4) is 0 Å². The van der Waals surface area contributed by atoms with Gasteiger partial charge in [-0.1, -0.05) is 31.5 Å². The fraction of sp³-hybridized carbons (Fsp3) is 0.343. The van der Waals surface area contributed by atoms with Crippen molar-refractivity contribution < 1.29 is 35.3 Å². The molecule has 1 amide bonds. The SMILES string of the molecule is C[C@@H]1c2c(C(F)F)nn(CC(=O)N[C@@H](Cc3cc(F)cc(F)c3)c3nc4[nH]c(=O)[nH]c4cc3-c3ccc(Cl)c4c(N5[C@H](C)S5=O)nn(C)c34)c2C(F)(F)[C@@H]1C. The number of halogens is 7. The Kier molecular flexibility index (Phi) is 8.67. The van der Waals surface area contributed by atoms with E-state index in [0.29, 0.717) is 33.0 Å². The Morgan fingerprint density at radius 2 is 1.73 bits per heavy atom. The second-order valence-electron chi connectivity index (χ2n) is 13.8. The summed E-state index contributed by atoms with van der Waals surface area (Å²) in [6.07, 6.45) is -3.51. The van der Waals surface area contributed by atoms with Crippen LogP contribution in [0.4, 0.5) is 32.2 Å². The van der Waals surface area contributed by atoms with Gasteiger partial charge in [0.2, 0.25) is 5.91 Å². The molecule has 2 aromatic carbocycles. The van der Waals surface area contributed by atoms with Gasteiger partial charge < -0.3 is 10.3 Å². The molecule has 3 N–H and O–H groups in total. The highest BCUT2D eigenvalue weighted by atomic mass is 35.5. The number of carbonyl (C=O) groups excluding carboxylic acids is 1. The number of benzene rings is 2. The number of pyridine rings is 1. The zero-order chi connectivity index (χ0) is 39.4. The smallest absolute Gasteiger partial charge is 0.325 e. The lowest BCUT2D eigenvalue weighted by molar-refractivity contribution is -0.123. The van der Waals surface area contributed by atoms with Gasteiger partial charge in [-0.25, -0.2) is 31.5 Å². The Morgan fingerprint density at radius 1 is 1.04 bits per heavy atom. The summed E-state index contributed by atoms with van der Waals surface area (Å²) in [5.41, 5.74) is -1.01. The second kappa shape index (κ2) is 13.0. The molecule has 288 valence electrons. The molecule has 12 nitrogen and oxygen atoms in total. The van der Waals surface area contributed by atoms with Crippen molar-refractivity contribution in [1.82, 2.24) is 39.8 Å². The summed E-state index contributed by atoms with van der Waals surface area (Å²) < 4.78 is 105. The van der Waals surface area contributed by atoms with Gasteiger partial charge in [0, 0.05) is 35.7 Å². The van der Waals surface area contributed by atoms with Crippen molar-refractivity contribution in [3.63, 3.8) is 0 Å². The van der Waals surface area contributed by atoms with E-state index in [-0.39, 0.29) is 50.4 Å². The van der Waals surface area contributed by atoms with E-state index < -0.39 is 82.4 Å². The second-order valence-corrected chi connectivity index (χ2v) is 15.8. The van der Waals surface area contributed by atoms with E-state index in [0.717, 1.165) is 12.1 Å². The van der Waals surface area contributed by atoms with E-state index in [1.54, 1.807) is 36.5 Å². The quantitative estimate of drug-likeness (QED) is 0.110. The molecular weight excluding hydrogens is 776 g/mol. The van der Waals surface area contributed by atoms with Crippen molar-refractivity contribution in [2.24, 2.45) is 13.0 Å². The minimum atomic E-state index is -3.59. The number of nitrogens with zero attached hydrogens (tertiary/aromatic N) is 6. The molecule has 20 heteroatoms. The van der Waals surface area contributed by atoms with Gasteiger partial charge in [-0.3, -0.25) is 23.4 Å². The fourth-order valence-corrected chi connectivity index (χ4v) is 8.75. The van der Waals surface area contributed by atoms with Gasteiger partial charge in [-0.15, -0.1) is 0 Å². The van der Waals surface area contributed by atoms with Crippen LogP contribution >= 0.6 is 11.6 Å². The molecule has 0 bridgehead atoms. The summed E-state index contributed by atoms with van der Waals surface area (Å²) in [6, 6.07) is 6.22. The maximum Gasteiger partial charge on any atom is 0.325 e. The Labute approximate surface area is 314 Å². The number of imidazole rings is 1. The minimum Gasteiger partial charge on any atom is -0.346 e. The molecule has 0 radical (unpaired) electrons. The number of aromatic amines is 2. The van der Waals surface area contributed by atoms with Crippen LogP contribution in [-0.4, -0.2) is 50.0 Å². The van der Waals surface area contributed by atoms with E-state index in [2.05, 4.69) is 30.5 Å². The van der Waals surface area contributed by atoms with Gasteiger partial charge in [0.1, 0.15) is 45.9 Å². The van der Waals surface area contributed by atoms with Gasteiger partial charge in [0.05, 0.1) is 33.2 Å². The first-order valence-corrected chi connectivity index (χ1v) is 18.5. The first-order valence-electron chi connectivity index (χ1n) is 17.0. The van der Waals surface area contributed by atoms with Gasteiger partial charge in [-0.2, -0.15) is 19.0 Å². The van der Waals surface area contributed by atoms with Crippen molar-refractivity contribution in [3.05, 3.63) is 91.7 Å². The summed E-state index contributed by atoms with van der Waals surface area (Å²) in [6.45, 7) is 3.46. The molecular formula is C35H30ClF6N9O3S. The Morgan fingerprint density at radius 3 is 2.38 bits per heavy atom. The molecule has 1 saturated heterocycles. The molecule has 0 saturated carbocycles. The number of amides is 1. The molecule has 1 aliphatic carbocycles. The lowest BCUT2D eigenvalue weighted by atomic mass is 9.94. The third kappa shape index (κ3) is 5.98. The fourth-order valence-electron chi connectivity index (χ4n) is 7.57. The predicted octanol–water partition coefficient (Wildman–Crippen LogP) is 6.65. The van der Waals surface area contributed by atoms with E-state index in [1.807, 2.05) is 0 Å². The number of hydrogen-bond donors (Lipinski definition) is 3. The number of aromatic nitrogens is 7. The summed E-state index contributed by atoms with van der Waals surface area (Å²) in [7, 11) is 0.287. The molecule has 1 aliphatic heterocycles. The highest BCUT2D eigenvalue weighted by Gasteiger charge is 2.55. The van der Waals surface area contributed by atoms with Crippen molar-refractivity contribution in [3.8, 4) is 11.1 Å². The summed E-state index contributed by atoms with van der Waals surface area (Å²) in [5, 5.41) is 11.4. The number of nitrogens with one attached hydrogen (secondary N) is 3. The third-order valence-electron chi connectivity index (χ3n) is 10.4. The number of aryl methyl sites for hydroxylation is 1. The topological polar surface area (TPSA) is 146 Å². The summed E-state index contributed by atoms with van der Waals surface area (Å²) >= 11 is 6.70. The standard InChI is InChI=1S/C35H30ClF6N9O3S/c1-13-14(2)35(41,42)30-25(13)28(31(39)40)47-50(30)12-24(52)43-22(9-16-7-17(37)10-18(38)8-16)27-20(11-23-32(45-27)46-34(53)44-23)19-5-6-21(36)26-29(19)49(4)48-33(26)51-15(3)55(51)54/h5-8,10-11,13-15,22,31H,9,12H2,1-4H3,(H,43,52)(H2,44,45,46,53)/t13-,14+,15-,22-,51?,55?/m0/s1. The zero-order valence-corrected chi connectivity index (χ0v) is 30.8. The molecule has 1 fully saturated rings. The highest BCUT2D eigenvalue weighted by molar-refractivity contribution is 7.94. The largest absolute Gasteiger partial charge is 0.346 e. The van der Waals surface area contributed by atoms with Crippen LogP contribution in [0, 0.1) is 17.6 Å². The van der Waals surface area contributed by atoms with E-state index in [4.69, 9.17) is 11.6 Å². The monoisotopic (exact) mass is 805 g/mol. The third-order valence-corrected chi connectivity index (χ3v) is 12.1. The normalized spacial score (nSPS) is 20.8. The molecule has 4 aromatic heterocycles. The summed E-state index contributed by atoms with van der Waals surface area (Å²) in [5.74, 6) is -8.37. The van der Waals surface area contributed by atoms with Crippen molar-refractivity contribution in [1.29, 1.82) is 0 Å². The average Bonchev–Trinajstić information content (AvgIpc) is 3.50. The molecule has 6 aromatic rings. The number of fused-ring (bicyclic) bond motifs is 3. The number of H-pyrrole nitrogens is 2. The number of anilines is 1. The van der Waals surface area contributed by atoms with Crippen LogP contribution in [0.25, 0.3) is 33.2 Å². The first-order chi connectivity index (χ1) is 26.0. The number of rotatable bonds is 9. The highest BCUT2D eigenvalue weighted by Crippen LogP contribution is 2.54. The van der Waals surface area contributed by atoms with Gasteiger partial charge in [-0.05, 0) is 49.1 Å².